The number of benzene rings is 1. The van der Waals surface area contributed by atoms with Gasteiger partial charge in [-0.15, -0.1) is 0 Å². The van der Waals surface area contributed by atoms with E-state index in [0.717, 1.165) is 11.9 Å². The van der Waals surface area contributed by atoms with Crippen LogP contribution in [-0.2, 0) is 0 Å². The lowest BCUT2D eigenvalue weighted by Gasteiger charge is -1.97. The molecule has 88 valence electrons. The molecule has 1 saturated carbocycles. The molecule has 0 aliphatic heterocycles. The zero-order valence-corrected chi connectivity index (χ0v) is 9.30. The number of nitrogens with zero attached hydrogens (tertiary/aromatic N) is 2. The minimum atomic E-state index is -0.406. The van der Waals surface area contributed by atoms with Crippen molar-refractivity contribution in [3.8, 4) is 0 Å². The van der Waals surface area contributed by atoms with E-state index in [1.807, 2.05) is 0 Å². The Kier molecular flexibility index (Phi) is 2.04. The van der Waals surface area contributed by atoms with Gasteiger partial charge in [-0.1, -0.05) is 6.92 Å². The summed E-state index contributed by atoms with van der Waals surface area (Å²) in [5.74, 6) is 1.37. The normalized spacial score (nSPS) is 22.6. The number of imidazole rings is 1. The van der Waals surface area contributed by atoms with Crippen LogP contribution in [-0.4, -0.2) is 20.9 Å². The van der Waals surface area contributed by atoms with Crippen molar-refractivity contribution in [3.63, 3.8) is 0 Å². The van der Waals surface area contributed by atoms with Crippen LogP contribution < -0.4 is 5.32 Å². The number of nitrogens with one attached hydrogen (secondary N) is 2. The molecule has 1 aliphatic rings. The number of nitro benzene ring substituents is 1. The van der Waals surface area contributed by atoms with Gasteiger partial charge in [0.15, 0.2) is 0 Å². The van der Waals surface area contributed by atoms with E-state index in [1.165, 1.54) is 12.1 Å². The summed E-state index contributed by atoms with van der Waals surface area (Å²) < 4.78 is 0. The average Bonchev–Trinajstić information content (AvgIpc) is 2.83. The number of rotatable bonds is 3. The third-order valence-electron chi connectivity index (χ3n) is 3.11. The molecular weight excluding hydrogens is 220 g/mol. The number of fused-ring (bicyclic) bond motifs is 1. The summed E-state index contributed by atoms with van der Waals surface area (Å²) in [4.78, 5) is 17.6. The van der Waals surface area contributed by atoms with Crippen molar-refractivity contribution in [2.45, 2.75) is 19.4 Å². The lowest BCUT2D eigenvalue weighted by molar-refractivity contribution is -0.384. The second-order valence-electron chi connectivity index (χ2n) is 4.51. The van der Waals surface area contributed by atoms with Crippen molar-refractivity contribution >= 4 is 22.7 Å². The second kappa shape index (κ2) is 3.44. The van der Waals surface area contributed by atoms with Crippen molar-refractivity contribution in [1.29, 1.82) is 0 Å². The first-order chi connectivity index (χ1) is 8.13. The molecule has 3 rings (SSSR count). The van der Waals surface area contributed by atoms with E-state index in [0.29, 0.717) is 23.4 Å². The largest absolute Gasteiger partial charge is 0.353 e. The number of anilines is 1. The average molecular weight is 232 g/mol. The molecule has 0 radical (unpaired) electrons. The van der Waals surface area contributed by atoms with Crippen molar-refractivity contribution in [3.05, 3.63) is 28.3 Å². The Morgan fingerprint density at radius 3 is 3.00 bits per heavy atom. The predicted octanol–water partition coefficient (Wildman–Crippen LogP) is 2.29. The number of non-ortho nitro benzene ring substituents is 1. The SMILES string of the molecule is CC1CC1Nc1nc2ccc([N+](=O)[O-])cc2[nH]1. The van der Waals surface area contributed by atoms with Crippen LogP contribution in [0.15, 0.2) is 18.2 Å². The smallest absolute Gasteiger partial charge is 0.271 e. The van der Waals surface area contributed by atoms with Gasteiger partial charge in [-0.3, -0.25) is 10.1 Å². The highest BCUT2D eigenvalue weighted by molar-refractivity contribution is 5.79. The number of aromatic amines is 1. The van der Waals surface area contributed by atoms with Gasteiger partial charge in [0.1, 0.15) is 0 Å². The summed E-state index contributed by atoms with van der Waals surface area (Å²) in [6.07, 6.45) is 1.15. The third kappa shape index (κ3) is 1.82. The summed E-state index contributed by atoms with van der Waals surface area (Å²) in [5, 5.41) is 13.9. The number of hydrogen-bond donors (Lipinski definition) is 2. The van der Waals surface area contributed by atoms with E-state index >= 15 is 0 Å². The fraction of sp³-hybridized carbons (Fsp3) is 0.364. The Bertz CT molecular complexity index is 592. The fourth-order valence-electron chi connectivity index (χ4n) is 1.88. The molecule has 2 unspecified atom stereocenters. The van der Waals surface area contributed by atoms with Crippen molar-refractivity contribution in [2.75, 3.05) is 5.32 Å². The van der Waals surface area contributed by atoms with Gasteiger partial charge in [0.05, 0.1) is 16.0 Å². The van der Waals surface area contributed by atoms with Gasteiger partial charge in [-0.25, -0.2) is 4.98 Å². The Morgan fingerprint density at radius 1 is 1.59 bits per heavy atom. The summed E-state index contributed by atoms with van der Waals surface area (Å²) in [7, 11) is 0. The maximum atomic E-state index is 10.6. The molecule has 1 aliphatic carbocycles. The first kappa shape index (κ1) is 10.1. The molecule has 1 fully saturated rings. The minimum Gasteiger partial charge on any atom is -0.353 e. The molecule has 2 atom stereocenters. The Hall–Kier alpha value is -2.11. The van der Waals surface area contributed by atoms with E-state index in [1.54, 1.807) is 6.07 Å². The summed E-state index contributed by atoms with van der Waals surface area (Å²) >= 11 is 0. The molecular formula is C11H12N4O2. The molecule has 1 aromatic heterocycles. The van der Waals surface area contributed by atoms with E-state index in [2.05, 4.69) is 22.2 Å². The van der Waals surface area contributed by atoms with Crippen molar-refractivity contribution < 1.29 is 4.92 Å². The molecule has 0 saturated heterocycles. The first-order valence-corrected chi connectivity index (χ1v) is 5.54. The molecule has 0 bridgehead atoms. The monoisotopic (exact) mass is 232 g/mol. The van der Waals surface area contributed by atoms with E-state index in [9.17, 15) is 10.1 Å². The van der Waals surface area contributed by atoms with Crippen LogP contribution >= 0.6 is 0 Å². The zero-order chi connectivity index (χ0) is 12.0. The topological polar surface area (TPSA) is 83.8 Å². The predicted molar refractivity (Wildman–Crippen MR) is 63.9 cm³/mol. The van der Waals surface area contributed by atoms with Crippen LogP contribution in [0.2, 0.25) is 0 Å². The summed E-state index contributed by atoms with van der Waals surface area (Å²) in [6.45, 7) is 2.17. The quantitative estimate of drug-likeness (QED) is 0.628. The number of hydrogen-bond acceptors (Lipinski definition) is 4. The Balaban J connectivity index is 1.92. The maximum absolute atomic E-state index is 10.6. The summed E-state index contributed by atoms with van der Waals surface area (Å²) in [5.41, 5.74) is 1.51. The van der Waals surface area contributed by atoms with Gasteiger partial charge in [0.2, 0.25) is 5.95 Å². The molecule has 2 aromatic rings. The fourth-order valence-corrected chi connectivity index (χ4v) is 1.88. The molecule has 6 nitrogen and oxygen atoms in total. The molecule has 0 amide bonds. The minimum absolute atomic E-state index is 0.0764. The molecule has 1 heterocycles. The Morgan fingerprint density at radius 2 is 2.35 bits per heavy atom. The van der Waals surface area contributed by atoms with Crippen LogP contribution in [0.25, 0.3) is 11.0 Å². The highest BCUT2D eigenvalue weighted by atomic mass is 16.6. The highest BCUT2D eigenvalue weighted by Gasteiger charge is 2.33. The van der Waals surface area contributed by atoms with Gasteiger partial charge in [0.25, 0.3) is 5.69 Å². The molecule has 1 aromatic carbocycles. The van der Waals surface area contributed by atoms with Crippen molar-refractivity contribution in [1.82, 2.24) is 9.97 Å². The number of nitro groups is 1. The zero-order valence-electron chi connectivity index (χ0n) is 9.30. The lowest BCUT2D eigenvalue weighted by atomic mass is 10.3. The van der Waals surface area contributed by atoms with Crippen molar-refractivity contribution in [2.24, 2.45) is 5.92 Å². The molecule has 6 heteroatoms. The van der Waals surface area contributed by atoms with E-state index < -0.39 is 4.92 Å². The van der Waals surface area contributed by atoms with Gasteiger partial charge in [-0.05, 0) is 18.4 Å². The molecule has 17 heavy (non-hydrogen) atoms. The van der Waals surface area contributed by atoms with E-state index in [4.69, 9.17) is 0 Å². The van der Waals surface area contributed by atoms with Gasteiger partial charge < -0.3 is 10.3 Å². The highest BCUT2D eigenvalue weighted by Crippen LogP contribution is 2.32. The maximum Gasteiger partial charge on any atom is 0.271 e. The summed E-state index contributed by atoms with van der Waals surface area (Å²) in [6, 6.07) is 5.10. The van der Waals surface area contributed by atoms with Crippen LogP contribution in [0.4, 0.5) is 11.6 Å². The van der Waals surface area contributed by atoms with E-state index in [-0.39, 0.29) is 5.69 Å². The number of H-pyrrole nitrogens is 1. The number of aromatic nitrogens is 2. The molecule has 0 spiro atoms. The molecule has 2 N–H and O–H groups in total. The van der Waals surface area contributed by atoms with Crippen LogP contribution in [0.5, 0.6) is 0 Å². The second-order valence-corrected chi connectivity index (χ2v) is 4.51. The van der Waals surface area contributed by atoms with Gasteiger partial charge in [-0.2, -0.15) is 0 Å². The Labute approximate surface area is 97.2 Å². The lowest BCUT2D eigenvalue weighted by Crippen LogP contribution is -2.04. The van der Waals surface area contributed by atoms with Gasteiger partial charge >= 0.3 is 0 Å². The van der Waals surface area contributed by atoms with Crippen LogP contribution in [0.3, 0.4) is 0 Å². The first-order valence-electron chi connectivity index (χ1n) is 5.54. The third-order valence-corrected chi connectivity index (χ3v) is 3.11. The van der Waals surface area contributed by atoms with Crippen LogP contribution in [0.1, 0.15) is 13.3 Å². The van der Waals surface area contributed by atoms with Gasteiger partial charge in [0, 0.05) is 18.2 Å². The van der Waals surface area contributed by atoms with Crippen LogP contribution in [0, 0.1) is 16.0 Å². The standard InChI is InChI=1S/C11H12N4O2/c1-6-4-9(6)13-11-12-8-3-2-7(15(16)17)5-10(8)14-11/h2-3,5-6,9H,4H2,1H3,(H2,12,13,14).